The second-order valence-corrected chi connectivity index (χ2v) is 3.60. The van der Waals surface area contributed by atoms with Crippen LogP contribution in [0.4, 0.5) is 0 Å². The maximum Gasteiger partial charge on any atom is 0.356 e. The van der Waals surface area contributed by atoms with E-state index in [4.69, 9.17) is 16.7 Å². The second-order valence-electron chi connectivity index (χ2n) is 3.19. The van der Waals surface area contributed by atoms with Gasteiger partial charge in [-0.1, -0.05) is 28.9 Å². The van der Waals surface area contributed by atoms with Gasteiger partial charge in [0.15, 0.2) is 5.69 Å². The SMILES string of the molecule is Cc1nnn(-c2ccccc2Cl)c1C(=O)O. The Bertz CT molecular complexity index is 551. The molecule has 82 valence electrons. The van der Waals surface area contributed by atoms with E-state index in [1.807, 2.05) is 0 Å². The summed E-state index contributed by atoms with van der Waals surface area (Å²) in [5.74, 6) is -1.08. The highest BCUT2D eigenvalue weighted by atomic mass is 35.5. The lowest BCUT2D eigenvalue weighted by Gasteiger charge is -2.04. The number of nitrogens with zero attached hydrogens (tertiary/aromatic N) is 3. The molecule has 0 fully saturated rings. The quantitative estimate of drug-likeness (QED) is 0.867. The fraction of sp³-hybridized carbons (Fsp3) is 0.100. The predicted molar refractivity (Wildman–Crippen MR) is 58.1 cm³/mol. The van der Waals surface area contributed by atoms with Crippen LogP contribution in [0, 0.1) is 6.92 Å². The number of carboxylic acids is 1. The molecule has 0 aliphatic heterocycles. The molecule has 0 spiro atoms. The molecular weight excluding hydrogens is 230 g/mol. The van der Waals surface area contributed by atoms with Gasteiger partial charge in [0, 0.05) is 0 Å². The van der Waals surface area contributed by atoms with Crippen LogP contribution in [0.15, 0.2) is 24.3 Å². The summed E-state index contributed by atoms with van der Waals surface area (Å²) < 4.78 is 1.22. The number of aryl methyl sites for hydroxylation is 1. The number of halogens is 1. The highest BCUT2D eigenvalue weighted by Crippen LogP contribution is 2.21. The minimum atomic E-state index is -1.08. The van der Waals surface area contributed by atoms with Gasteiger partial charge in [-0.15, -0.1) is 5.10 Å². The van der Waals surface area contributed by atoms with Crippen LogP contribution in [0.2, 0.25) is 5.02 Å². The van der Waals surface area contributed by atoms with E-state index in [0.29, 0.717) is 16.4 Å². The Morgan fingerprint density at radius 3 is 2.75 bits per heavy atom. The molecule has 2 aromatic rings. The Hall–Kier alpha value is -1.88. The van der Waals surface area contributed by atoms with Crippen molar-refractivity contribution in [3.63, 3.8) is 0 Å². The average molecular weight is 238 g/mol. The molecule has 6 heteroatoms. The number of aromatic carboxylic acids is 1. The van der Waals surface area contributed by atoms with Crippen LogP contribution in [-0.2, 0) is 0 Å². The lowest BCUT2D eigenvalue weighted by atomic mass is 10.3. The number of carboxylic acid groups (broad SMARTS) is 1. The molecule has 0 amide bonds. The number of benzene rings is 1. The number of rotatable bonds is 2. The molecular formula is C10H8ClN3O2. The van der Waals surface area contributed by atoms with Crippen molar-refractivity contribution in [1.82, 2.24) is 15.0 Å². The summed E-state index contributed by atoms with van der Waals surface area (Å²) in [5, 5.41) is 17.0. The van der Waals surface area contributed by atoms with Gasteiger partial charge in [-0.25, -0.2) is 9.48 Å². The molecule has 0 aliphatic carbocycles. The van der Waals surface area contributed by atoms with Crippen LogP contribution in [0.5, 0.6) is 0 Å². The number of para-hydroxylation sites is 1. The molecule has 16 heavy (non-hydrogen) atoms. The van der Waals surface area contributed by atoms with Crippen molar-refractivity contribution in [2.24, 2.45) is 0 Å². The Morgan fingerprint density at radius 1 is 1.44 bits per heavy atom. The fourth-order valence-electron chi connectivity index (χ4n) is 1.39. The first-order valence-corrected chi connectivity index (χ1v) is 4.89. The Labute approximate surface area is 96.3 Å². The molecule has 5 nitrogen and oxygen atoms in total. The summed E-state index contributed by atoms with van der Waals surface area (Å²) in [6.07, 6.45) is 0. The molecule has 0 saturated carbocycles. The molecule has 1 N–H and O–H groups in total. The summed E-state index contributed by atoms with van der Waals surface area (Å²) >= 11 is 5.96. The highest BCUT2D eigenvalue weighted by Gasteiger charge is 2.18. The molecule has 1 aromatic heterocycles. The number of hydrogen-bond acceptors (Lipinski definition) is 3. The van der Waals surface area contributed by atoms with Crippen LogP contribution in [0.25, 0.3) is 5.69 Å². The Balaban J connectivity index is 2.66. The lowest BCUT2D eigenvalue weighted by molar-refractivity contribution is 0.0686. The van der Waals surface area contributed by atoms with Gasteiger partial charge in [0.25, 0.3) is 0 Å². The summed E-state index contributed by atoms with van der Waals surface area (Å²) in [5.41, 5.74) is 0.877. The molecule has 0 unspecified atom stereocenters. The summed E-state index contributed by atoms with van der Waals surface area (Å²) in [4.78, 5) is 11.0. The molecule has 1 heterocycles. The minimum absolute atomic E-state index is 0.0214. The smallest absolute Gasteiger partial charge is 0.356 e. The molecule has 0 saturated heterocycles. The topological polar surface area (TPSA) is 68.0 Å². The van der Waals surface area contributed by atoms with Gasteiger partial charge in [-0.05, 0) is 19.1 Å². The zero-order valence-electron chi connectivity index (χ0n) is 8.38. The third kappa shape index (κ3) is 1.65. The number of hydrogen-bond donors (Lipinski definition) is 1. The summed E-state index contributed by atoms with van der Waals surface area (Å²) in [6.45, 7) is 1.59. The number of carbonyl (C=O) groups is 1. The van der Waals surface area contributed by atoms with Crippen LogP contribution < -0.4 is 0 Å². The van der Waals surface area contributed by atoms with E-state index in [1.165, 1.54) is 4.68 Å². The largest absolute Gasteiger partial charge is 0.476 e. The highest BCUT2D eigenvalue weighted by molar-refractivity contribution is 6.32. The van der Waals surface area contributed by atoms with Crippen LogP contribution in [0.1, 0.15) is 16.2 Å². The zero-order valence-corrected chi connectivity index (χ0v) is 9.14. The van der Waals surface area contributed by atoms with Crippen molar-refractivity contribution in [2.75, 3.05) is 0 Å². The average Bonchev–Trinajstić information content (AvgIpc) is 2.61. The zero-order chi connectivity index (χ0) is 11.7. The Kier molecular flexibility index (Phi) is 2.62. The summed E-state index contributed by atoms with van der Waals surface area (Å²) in [7, 11) is 0. The molecule has 0 bridgehead atoms. The molecule has 1 aromatic carbocycles. The van der Waals surface area contributed by atoms with E-state index in [-0.39, 0.29) is 5.69 Å². The van der Waals surface area contributed by atoms with Gasteiger partial charge >= 0.3 is 5.97 Å². The van der Waals surface area contributed by atoms with E-state index >= 15 is 0 Å². The van der Waals surface area contributed by atoms with Gasteiger partial charge in [0.2, 0.25) is 0 Å². The first-order chi connectivity index (χ1) is 7.61. The first kappa shape index (κ1) is 10.6. The number of aromatic nitrogens is 3. The van der Waals surface area contributed by atoms with Gasteiger partial charge in [0.1, 0.15) is 0 Å². The van der Waals surface area contributed by atoms with Crippen molar-refractivity contribution >= 4 is 17.6 Å². The van der Waals surface area contributed by atoms with E-state index in [1.54, 1.807) is 31.2 Å². The molecule has 0 atom stereocenters. The van der Waals surface area contributed by atoms with E-state index in [2.05, 4.69) is 10.3 Å². The van der Waals surface area contributed by atoms with Crippen LogP contribution in [0.3, 0.4) is 0 Å². The maximum absolute atomic E-state index is 11.0. The lowest BCUT2D eigenvalue weighted by Crippen LogP contribution is -2.09. The van der Waals surface area contributed by atoms with Gasteiger partial charge < -0.3 is 5.11 Å². The Morgan fingerprint density at radius 2 is 2.12 bits per heavy atom. The molecule has 0 radical (unpaired) electrons. The van der Waals surface area contributed by atoms with Crippen molar-refractivity contribution in [1.29, 1.82) is 0 Å². The third-order valence-electron chi connectivity index (χ3n) is 2.12. The van der Waals surface area contributed by atoms with Gasteiger partial charge in [-0.3, -0.25) is 0 Å². The summed E-state index contributed by atoms with van der Waals surface area (Å²) in [6, 6.07) is 6.86. The second kappa shape index (κ2) is 3.94. The van der Waals surface area contributed by atoms with Crippen molar-refractivity contribution < 1.29 is 9.90 Å². The van der Waals surface area contributed by atoms with E-state index in [0.717, 1.165) is 0 Å². The van der Waals surface area contributed by atoms with Crippen molar-refractivity contribution in [3.05, 3.63) is 40.7 Å². The van der Waals surface area contributed by atoms with Crippen molar-refractivity contribution in [3.8, 4) is 5.69 Å². The maximum atomic E-state index is 11.0. The monoisotopic (exact) mass is 237 g/mol. The van der Waals surface area contributed by atoms with Gasteiger partial charge in [-0.2, -0.15) is 0 Å². The molecule has 0 aliphatic rings. The molecule has 2 rings (SSSR count). The van der Waals surface area contributed by atoms with E-state index < -0.39 is 5.97 Å². The fourth-order valence-corrected chi connectivity index (χ4v) is 1.61. The minimum Gasteiger partial charge on any atom is -0.476 e. The van der Waals surface area contributed by atoms with E-state index in [9.17, 15) is 4.79 Å². The van der Waals surface area contributed by atoms with Gasteiger partial charge in [0.05, 0.1) is 16.4 Å². The van der Waals surface area contributed by atoms with Crippen molar-refractivity contribution in [2.45, 2.75) is 6.92 Å². The third-order valence-corrected chi connectivity index (χ3v) is 2.44. The van der Waals surface area contributed by atoms with Crippen LogP contribution >= 0.6 is 11.6 Å². The van der Waals surface area contributed by atoms with Crippen LogP contribution in [-0.4, -0.2) is 26.1 Å². The normalized spacial score (nSPS) is 10.4. The standard InChI is InChI=1S/C10H8ClN3O2/c1-6-9(10(15)16)14(13-12-6)8-5-3-2-4-7(8)11/h2-5H,1H3,(H,15,16). The predicted octanol–water partition coefficient (Wildman–Crippen LogP) is 1.93. The first-order valence-electron chi connectivity index (χ1n) is 4.51.